The van der Waals surface area contributed by atoms with Crippen molar-refractivity contribution in [3.05, 3.63) is 59.7 Å². The van der Waals surface area contributed by atoms with Crippen LogP contribution in [0, 0.1) is 5.41 Å². The van der Waals surface area contributed by atoms with Crippen molar-refractivity contribution in [3.63, 3.8) is 0 Å². The molecule has 2 amide bonds. The Balaban J connectivity index is 2.05. The Labute approximate surface area is 337 Å². The summed E-state index contributed by atoms with van der Waals surface area (Å²) in [7, 11) is 1.27. The van der Waals surface area contributed by atoms with Gasteiger partial charge in [-0.15, -0.1) is 0 Å². The van der Waals surface area contributed by atoms with Gasteiger partial charge in [-0.2, -0.15) is 0 Å². The fraction of sp³-hybridized carbons (Fsp3) is 0.619. The van der Waals surface area contributed by atoms with E-state index in [1.54, 1.807) is 27.7 Å². The van der Waals surface area contributed by atoms with Crippen molar-refractivity contribution in [2.45, 2.75) is 122 Å². The predicted octanol–water partition coefficient (Wildman–Crippen LogP) is 2.68. The number of aliphatic hydroxyl groups is 5. The Bertz CT molecular complexity index is 1490. The van der Waals surface area contributed by atoms with E-state index < -0.39 is 54.7 Å². The van der Waals surface area contributed by atoms with E-state index in [2.05, 4.69) is 40.2 Å². The molecule has 0 aliphatic rings. The van der Waals surface area contributed by atoms with E-state index in [4.69, 9.17) is 20.0 Å². The summed E-state index contributed by atoms with van der Waals surface area (Å²) in [6.45, 7) is 7.73. The number of aliphatic hydroxyl groups excluding tert-OH is 5. The van der Waals surface area contributed by atoms with E-state index in [1.807, 2.05) is 24.3 Å². The highest BCUT2D eigenvalue weighted by atomic mass is 16.6. The van der Waals surface area contributed by atoms with Gasteiger partial charge in [0.25, 0.3) is 0 Å². The second kappa shape index (κ2) is 26.0. The number of rotatable bonds is 26. The molecule has 5 atom stereocenters. The maximum absolute atomic E-state index is 13.8. The monoisotopic (exact) mass is 801 g/mol. The molecule has 0 aromatic heterocycles. The third kappa shape index (κ3) is 19.3. The minimum atomic E-state index is -1.74. The average molecular weight is 802 g/mol. The molecule has 0 fully saturated rings. The normalized spacial score (nSPS) is 14.1. The van der Waals surface area contributed by atoms with E-state index in [0.717, 1.165) is 42.5 Å². The lowest BCUT2D eigenvalue weighted by Crippen LogP contribution is -2.49. The Kier molecular flexibility index (Phi) is 22.4. The van der Waals surface area contributed by atoms with Gasteiger partial charge in [0.05, 0.1) is 25.7 Å². The summed E-state index contributed by atoms with van der Waals surface area (Å²) in [5.41, 5.74) is 3.73. The number of methoxy groups -OCH3 is 1. The summed E-state index contributed by atoms with van der Waals surface area (Å²) < 4.78 is 10.4. The first kappa shape index (κ1) is 49.0. The Morgan fingerprint density at radius 2 is 1.33 bits per heavy atom. The molecule has 2 aromatic rings. The molecular formula is C42H67N5O10. The standard InChI is InChI=1S/C42H67N5O10/c1-29(43)45-24-8-6-11-30-13-18-32(19-14-30)33-20-15-31(16-21-33)17-22-37(51)47(26-10-23-44-27-35(49)38(52)39(53)36(50)28-48)34(40(54)56-5)12-7-9-25-46-41(55)57-42(2,3)4/h13-16,18-21,34-36,38-39,44,48-50,52-53H,6-12,17,22-28H2,1-5H3,(H2,43,45)(H,46,55)/t34-,35-,36+,38+,39+/m0/s1. The number of nitrogens with one attached hydrogen (secondary N) is 4. The number of nitrogens with zero attached hydrogens (tertiary/aromatic N) is 1. The Morgan fingerprint density at radius 3 is 1.89 bits per heavy atom. The lowest BCUT2D eigenvalue weighted by Gasteiger charge is -2.30. The maximum Gasteiger partial charge on any atom is 0.407 e. The van der Waals surface area contributed by atoms with Crippen LogP contribution in [0.2, 0.25) is 0 Å². The summed E-state index contributed by atoms with van der Waals surface area (Å²) in [5, 5.41) is 65.0. The third-order valence-corrected chi connectivity index (χ3v) is 9.32. The van der Waals surface area contributed by atoms with Gasteiger partial charge in [0.1, 0.15) is 30.0 Å². The number of alkyl carbamates (subject to hydrolysis) is 1. The van der Waals surface area contributed by atoms with Gasteiger partial charge in [-0.1, -0.05) is 48.5 Å². The van der Waals surface area contributed by atoms with Crippen molar-refractivity contribution in [2.75, 3.05) is 46.4 Å². The van der Waals surface area contributed by atoms with Gasteiger partial charge in [-0.05, 0) is 108 Å². The number of aryl methyl sites for hydroxylation is 2. The summed E-state index contributed by atoms with van der Waals surface area (Å²) in [4.78, 5) is 40.5. The van der Waals surface area contributed by atoms with Crippen LogP contribution in [0.3, 0.4) is 0 Å². The minimum Gasteiger partial charge on any atom is -0.467 e. The van der Waals surface area contributed by atoms with Crippen molar-refractivity contribution in [1.82, 2.24) is 20.9 Å². The zero-order valence-electron chi connectivity index (χ0n) is 34.3. The number of hydrogen-bond donors (Lipinski definition) is 9. The number of carbonyl (C=O) groups excluding carboxylic acids is 3. The van der Waals surface area contributed by atoms with E-state index in [0.29, 0.717) is 44.5 Å². The molecule has 0 radical (unpaired) electrons. The maximum atomic E-state index is 13.8. The molecular weight excluding hydrogens is 734 g/mol. The van der Waals surface area contributed by atoms with Crippen molar-refractivity contribution < 1.29 is 49.4 Å². The molecule has 57 heavy (non-hydrogen) atoms. The van der Waals surface area contributed by atoms with Gasteiger partial charge in [-0.25, -0.2) is 9.59 Å². The molecule has 0 saturated carbocycles. The van der Waals surface area contributed by atoms with Crippen molar-refractivity contribution in [2.24, 2.45) is 0 Å². The second-order valence-corrected chi connectivity index (χ2v) is 15.3. The van der Waals surface area contributed by atoms with Gasteiger partial charge >= 0.3 is 12.1 Å². The molecule has 0 saturated heterocycles. The topological polar surface area (TPSA) is 234 Å². The van der Waals surface area contributed by atoms with Crippen molar-refractivity contribution >= 4 is 23.8 Å². The highest BCUT2D eigenvalue weighted by molar-refractivity contribution is 5.84. The Morgan fingerprint density at radius 1 is 0.772 bits per heavy atom. The second-order valence-electron chi connectivity index (χ2n) is 15.3. The first-order valence-corrected chi connectivity index (χ1v) is 19.9. The SMILES string of the molecule is COC(=O)[C@H](CCCCNC(=O)OC(C)(C)C)N(CCCNC[C@H](O)[C@@H](O)[C@H](O)[C@H](O)CO)C(=O)CCc1ccc(-c2ccc(CCCCNC(C)=N)cc2)cc1. The number of esters is 1. The van der Waals surface area contributed by atoms with Crippen LogP contribution >= 0.6 is 0 Å². The average Bonchev–Trinajstić information content (AvgIpc) is 3.18. The summed E-state index contributed by atoms with van der Waals surface area (Å²) in [6.07, 6.45) is -1.73. The number of benzene rings is 2. The number of carbonyl (C=O) groups is 3. The number of hydrogen-bond acceptors (Lipinski definition) is 12. The molecule has 2 aromatic carbocycles. The van der Waals surface area contributed by atoms with E-state index >= 15 is 0 Å². The van der Waals surface area contributed by atoms with Crippen LogP contribution < -0.4 is 16.0 Å². The smallest absolute Gasteiger partial charge is 0.407 e. The molecule has 0 bridgehead atoms. The lowest BCUT2D eigenvalue weighted by atomic mass is 9.99. The van der Waals surface area contributed by atoms with E-state index in [-0.39, 0.29) is 32.0 Å². The van der Waals surface area contributed by atoms with Gasteiger partial charge in [0.2, 0.25) is 5.91 Å². The predicted molar refractivity (Wildman–Crippen MR) is 219 cm³/mol. The summed E-state index contributed by atoms with van der Waals surface area (Å²) >= 11 is 0. The third-order valence-electron chi connectivity index (χ3n) is 9.32. The van der Waals surface area contributed by atoms with Crippen LogP contribution in [0.5, 0.6) is 0 Å². The van der Waals surface area contributed by atoms with Crippen molar-refractivity contribution in [1.29, 1.82) is 5.41 Å². The fourth-order valence-electron chi connectivity index (χ4n) is 6.12. The molecule has 9 N–H and O–H groups in total. The minimum absolute atomic E-state index is 0.139. The quantitative estimate of drug-likeness (QED) is 0.0289. The molecule has 0 unspecified atom stereocenters. The van der Waals surface area contributed by atoms with Gasteiger partial charge in [0, 0.05) is 32.6 Å². The largest absolute Gasteiger partial charge is 0.467 e. The molecule has 0 aliphatic heterocycles. The molecule has 15 heteroatoms. The molecule has 15 nitrogen and oxygen atoms in total. The number of unbranched alkanes of at least 4 members (excludes halogenated alkanes) is 2. The van der Waals surface area contributed by atoms with Crippen LogP contribution in [-0.2, 0) is 31.9 Å². The van der Waals surface area contributed by atoms with Gasteiger partial charge in [0.15, 0.2) is 0 Å². The zero-order chi connectivity index (χ0) is 42.4. The van der Waals surface area contributed by atoms with E-state index in [1.165, 1.54) is 17.6 Å². The zero-order valence-corrected chi connectivity index (χ0v) is 34.3. The van der Waals surface area contributed by atoms with Crippen LogP contribution in [-0.4, -0.2) is 137 Å². The molecule has 2 rings (SSSR count). The highest BCUT2D eigenvalue weighted by Crippen LogP contribution is 2.22. The van der Waals surface area contributed by atoms with Gasteiger partial charge in [-0.3, -0.25) is 10.2 Å². The molecule has 0 aliphatic carbocycles. The first-order valence-electron chi connectivity index (χ1n) is 19.9. The highest BCUT2D eigenvalue weighted by Gasteiger charge is 2.31. The fourth-order valence-corrected chi connectivity index (χ4v) is 6.12. The summed E-state index contributed by atoms with van der Waals surface area (Å²) in [5.74, 6) is -0.314. The number of amidine groups is 1. The number of amides is 2. The van der Waals surface area contributed by atoms with Crippen molar-refractivity contribution in [3.8, 4) is 11.1 Å². The summed E-state index contributed by atoms with van der Waals surface area (Å²) in [6, 6.07) is 15.7. The van der Waals surface area contributed by atoms with Crippen LogP contribution in [0.1, 0.15) is 83.8 Å². The van der Waals surface area contributed by atoms with Gasteiger partial charge < -0.3 is 55.9 Å². The Hall–Kier alpha value is -4.12. The van der Waals surface area contributed by atoms with Crippen LogP contribution in [0.15, 0.2) is 48.5 Å². The molecule has 0 heterocycles. The van der Waals surface area contributed by atoms with E-state index in [9.17, 15) is 34.8 Å². The number of ether oxygens (including phenoxy) is 2. The molecule has 0 spiro atoms. The van der Waals surface area contributed by atoms with Crippen LogP contribution in [0.25, 0.3) is 11.1 Å². The first-order chi connectivity index (χ1) is 27.1. The lowest BCUT2D eigenvalue weighted by molar-refractivity contribution is -0.153. The van der Waals surface area contributed by atoms with Crippen LogP contribution in [0.4, 0.5) is 4.79 Å². The molecule has 320 valence electrons.